The molecule has 0 aliphatic heterocycles. The summed E-state index contributed by atoms with van der Waals surface area (Å²) in [5.74, 6) is 0.175. The summed E-state index contributed by atoms with van der Waals surface area (Å²) in [4.78, 5) is 7.86. The number of benzene rings is 1. The molecule has 1 aromatic carbocycles. The van der Waals surface area contributed by atoms with Gasteiger partial charge in [0.05, 0.1) is 5.69 Å². The number of nitrogens with two attached hydrogens (primary N) is 2. The molecule has 84 valence electrons. The molecule has 0 bridgehead atoms. The fourth-order valence-corrected chi connectivity index (χ4v) is 1.61. The van der Waals surface area contributed by atoms with E-state index in [4.69, 9.17) is 16.7 Å². The van der Waals surface area contributed by atoms with Crippen LogP contribution in [0.25, 0.3) is 11.3 Å². The van der Waals surface area contributed by atoms with Crippen molar-refractivity contribution in [2.24, 2.45) is 0 Å². The second-order valence-corrected chi connectivity index (χ2v) is 3.67. The van der Waals surface area contributed by atoms with E-state index < -0.39 is 0 Å². The average molecular weight is 225 g/mol. The van der Waals surface area contributed by atoms with E-state index in [9.17, 15) is 0 Å². The van der Waals surface area contributed by atoms with Crippen LogP contribution in [0, 0.1) is 18.3 Å². The molecule has 0 amide bonds. The van der Waals surface area contributed by atoms with Crippen LogP contribution in [0.1, 0.15) is 11.1 Å². The summed E-state index contributed by atoms with van der Waals surface area (Å²) in [5.41, 5.74) is 13.8. The van der Waals surface area contributed by atoms with Crippen molar-refractivity contribution < 1.29 is 0 Å². The van der Waals surface area contributed by atoms with Crippen molar-refractivity contribution in [2.45, 2.75) is 6.92 Å². The summed E-state index contributed by atoms with van der Waals surface area (Å²) in [5, 5.41) is 9.07. The number of nitriles is 1. The highest BCUT2D eigenvalue weighted by molar-refractivity contribution is 5.73. The average Bonchev–Trinajstić information content (AvgIpc) is 2.28. The predicted octanol–water partition coefficient (Wildman–Crippen LogP) is 1.49. The maximum atomic E-state index is 9.07. The van der Waals surface area contributed by atoms with Crippen molar-refractivity contribution in [3.05, 3.63) is 35.4 Å². The van der Waals surface area contributed by atoms with Crippen LogP contribution >= 0.6 is 0 Å². The van der Waals surface area contributed by atoms with Gasteiger partial charge in [-0.2, -0.15) is 10.2 Å². The summed E-state index contributed by atoms with van der Waals surface area (Å²) in [7, 11) is 0. The van der Waals surface area contributed by atoms with Crippen molar-refractivity contribution >= 4 is 11.8 Å². The van der Waals surface area contributed by atoms with Crippen LogP contribution in [0.2, 0.25) is 0 Å². The lowest BCUT2D eigenvalue weighted by molar-refractivity contribution is 1.18. The zero-order valence-electron chi connectivity index (χ0n) is 9.31. The van der Waals surface area contributed by atoms with E-state index in [0.717, 1.165) is 11.1 Å². The molecule has 2 aromatic rings. The molecule has 1 aromatic heterocycles. The van der Waals surface area contributed by atoms with Crippen LogP contribution in [0.4, 0.5) is 11.8 Å². The number of aromatic nitrogens is 2. The summed E-state index contributed by atoms with van der Waals surface area (Å²) in [6, 6.07) is 9.63. The number of hydrogen-bond donors (Lipinski definition) is 2. The number of anilines is 2. The Morgan fingerprint density at radius 1 is 1.24 bits per heavy atom. The van der Waals surface area contributed by atoms with Gasteiger partial charge in [0.25, 0.3) is 0 Å². The van der Waals surface area contributed by atoms with Gasteiger partial charge >= 0.3 is 0 Å². The normalized spacial score (nSPS) is 9.88. The predicted molar refractivity (Wildman–Crippen MR) is 65.7 cm³/mol. The first-order valence-electron chi connectivity index (χ1n) is 5.02. The zero-order chi connectivity index (χ0) is 12.4. The Kier molecular flexibility index (Phi) is 2.63. The molecule has 0 aliphatic rings. The number of rotatable bonds is 1. The van der Waals surface area contributed by atoms with Gasteiger partial charge in [0.15, 0.2) is 0 Å². The van der Waals surface area contributed by atoms with Crippen LogP contribution in [0.15, 0.2) is 24.3 Å². The number of aryl methyl sites for hydroxylation is 1. The molecule has 0 aliphatic carbocycles. The highest BCUT2D eigenvalue weighted by Crippen LogP contribution is 2.25. The molecular formula is C12H11N5. The minimum Gasteiger partial charge on any atom is -0.382 e. The molecule has 0 radical (unpaired) electrons. The molecule has 1 heterocycles. The highest BCUT2D eigenvalue weighted by atomic mass is 15.0. The molecule has 2 rings (SSSR count). The van der Waals surface area contributed by atoms with Crippen LogP contribution in [-0.2, 0) is 0 Å². The SMILES string of the molecule is Cc1cccc(-c2nc(N)nc(N)c2C#N)c1. The van der Waals surface area contributed by atoms with E-state index in [0.29, 0.717) is 5.69 Å². The summed E-state index contributed by atoms with van der Waals surface area (Å²) in [6.07, 6.45) is 0. The molecule has 0 saturated heterocycles. The fraction of sp³-hybridized carbons (Fsp3) is 0.0833. The molecular weight excluding hydrogens is 214 g/mol. The first-order chi connectivity index (χ1) is 8.11. The fourth-order valence-electron chi connectivity index (χ4n) is 1.61. The third kappa shape index (κ3) is 2.01. The Labute approximate surface area is 98.7 Å². The van der Waals surface area contributed by atoms with Gasteiger partial charge in [-0.05, 0) is 13.0 Å². The number of hydrogen-bond acceptors (Lipinski definition) is 5. The van der Waals surface area contributed by atoms with Gasteiger partial charge in [-0.1, -0.05) is 23.8 Å². The monoisotopic (exact) mass is 225 g/mol. The van der Waals surface area contributed by atoms with Gasteiger partial charge in [-0.15, -0.1) is 0 Å². The summed E-state index contributed by atoms with van der Waals surface area (Å²) >= 11 is 0. The van der Waals surface area contributed by atoms with Crippen LogP contribution < -0.4 is 11.5 Å². The van der Waals surface area contributed by atoms with E-state index in [1.54, 1.807) is 0 Å². The first-order valence-corrected chi connectivity index (χ1v) is 5.02. The lowest BCUT2D eigenvalue weighted by atomic mass is 10.0. The topological polar surface area (TPSA) is 102 Å². The molecule has 5 nitrogen and oxygen atoms in total. The van der Waals surface area contributed by atoms with Gasteiger partial charge < -0.3 is 11.5 Å². The minimum absolute atomic E-state index is 0.0676. The van der Waals surface area contributed by atoms with Gasteiger partial charge in [-0.3, -0.25) is 0 Å². The van der Waals surface area contributed by atoms with Gasteiger partial charge in [0, 0.05) is 5.56 Å². The molecule has 17 heavy (non-hydrogen) atoms. The van der Waals surface area contributed by atoms with E-state index in [1.165, 1.54) is 0 Å². The Balaban J connectivity index is 2.71. The first kappa shape index (κ1) is 10.9. The highest BCUT2D eigenvalue weighted by Gasteiger charge is 2.12. The third-order valence-electron chi connectivity index (χ3n) is 2.36. The molecule has 0 saturated carbocycles. The molecule has 0 fully saturated rings. The van der Waals surface area contributed by atoms with E-state index >= 15 is 0 Å². The van der Waals surface area contributed by atoms with E-state index in [2.05, 4.69) is 9.97 Å². The largest absolute Gasteiger partial charge is 0.382 e. The van der Waals surface area contributed by atoms with Crippen molar-refractivity contribution in [3.63, 3.8) is 0 Å². The second-order valence-electron chi connectivity index (χ2n) is 3.67. The maximum absolute atomic E-state index is 9.07. The van der Waals surface area contributed by atoms with Crippen molar-refractivity contribution in [1.82, 2.24) is 9.97 Å². The summed E-state index contributed by atoms with van der Waals surface area (Å²) in [6.45, 7) is 1.96. The van der Waals surface area contributed by atoms with Crippen LogP contribution in [-0.4, -0.2) is 9.97 Å². The molecule has 5 heteroatoms. The third-order valence-corrected chi connectivity index (χ3v) is 2.36. The smallest absolute Gasteiger partial charge is 0.222 e. The van der Waals surface area contributed by atoms with E-state index in [1.807, 2.05) is 37.3 Å². The Morgan fingerprint density at radius 2 is 2.00 bits per heavy atom. The van der Waals surface area contributed by atoms with Gasteiger partial charge in [0.1, 0.15) is 17.5 Å². The second kappa shape index (κ2) is 4.10. The van der Waals surface area contributed by atoms with Gasteiger partial charge in [-0.25, -0.2) is 4.98 Å². The Hall–Kier alpha value is -2.61. The number of nitrogens with zero attached hydrogens (tertiary/aromatic N) is 3. The lowest BCUT2D eigenvalue weighted by Crippen LogP contribution is -2.04. The maximum Gasteiger partial charge on any atom is 0.222 e. The van der Waals surface area contributed by atoms with Gasteiger partial charge in [0.2, 0.25) is 5.95 Å². The molecule has 0 atom stereocenters. The van der Waals surface area contributed by atoms with Crippen LogP contribution in [0.3, 0.4) is 0 Å². The minimum atomic E-state index is 0.0676. The van der Waals surface area contributed by atoms with Crippen molar-refractivity contribution in [2.75, 3.05) is 11.5 Å². The molecule has 0 spiro atoms. The zero-order valence-corrected chi connectivity index (χ0v) is 9.31. The number of nitrogen functional groups attached to an aromatic ring is 2. The standard InChI is InChI=1S/C12H11N5/c1-7-3-2-4-8(5-7)10-9(6-13)11(14)17-12(15)16-10/h2-5H,1H3,(H4,14,15,16,17). The Morgan fingerprint density at radius 3 is 2.65 bits per heavy atom. The van der Waals surface area contributed by atoms with Crippen molar-refractivity contribution in [1.29, 1.82) is 5.26 Å². The van der Waals surface area contributed by atoms with Crippen molar-refractivity contribution in [3.8, 4) is 17.3 Å². The lowest BCUT2D eigenvalue weighted by Gasteiger charge is -2.07. The Bertz CT molecular complexity index is 613. The van der Waals surface area contributed by atoms with E-state index in [-0.39, 0.29) is 17.3 Å². The van der Waals surface area contributed by atoms with Crippen LogP contribution in [0.5, 0.6) is 0 Å². The molecule has 4 N–H and O–H groups in total. The molecule has 0 unspecified atom stereocenters. The quantitative estimate of drug-likeness (QED) is 0.765. The summed E-state index contributed by atoms with van der Waals surface area (Å²) < 4.78 is 0.